The number of aromatic nitrogens is 1. The largest absolute Gasteiger partial charge is 0.480 e. The number of likely N-dealkylation sites (N-methyl/N-ethyl adjacent to an activating group) is 2. The Morgan fingerprint density at radius 1 is 1.00 bits per heavy atom. The van der Waals surface area contributed by atoms with Crippen LogP contribution in [0.2, 0.25) is 0 Å². The van der Waals surface area contributed by atoms with Crippen molar-refractivity contribution in [2.75, 3.05) is 60.6 Å². The summed E-state index contributed by atoms with van der Waals surface area (Å²) < 4.78 is 19.6. The average molecular weight is 1050 g/mol. The molecule has 2 saturated heterocycles. The van der Waals surface area contributed by atoms with Gasteiger partial charge >= 0.3 is 18.0 Å². The van der Waals surface area contributed by atoms with Crippen LogP contribution in [0.15, 0.2) is 73.3 Å². The number of fused-ring (bicyclic) bond motifs is 6. The number of nitrogens with one attached hydrogen (secondary N) is 2. The molecule has 2 fully saturated rings. The summed E-state index contributed by atoms with van der Waals surface area (Å²) in [6.45, 7) is 12.9. The van der Waals surface area contributed by atoms with Crippen molar-refractivity contribution in [1.82, 2.24) is 35.0 Å². The Labute approximate surface area is 442 Å². The summed E-state index contributed by atoms with van der Waals surface area (Å²) in [4.78, 5) is 98.9. The minimum atomic E-state index is -2.36. The Hall–Kier alpha value is -7.13. The fourth-order valence-electron chi connectivity index (χ4n) is 10.6. The van der Waals surface area contributed by atoms with Crippen LogP contribution in [-0.2, 0) is 64.0 Å². The molecule has 7 rings (SSSR count). The number of carboxylic acid groups (broad SMARTS) is 1. The van der Waals surface area contributed by atoms with Gasteiger partial charge in [0.05, 0.1) is 25.5 Å². The Kier molecular flexibility index (Phi) is 17.1. The highest BCUT2D eigenvalue weighted by Crippen LogP contribution is 2.42. The molecule has 5 N–H and O–H groups in total. The number of hydrogen-bond acceptors (Lipinski definition) is 13. The number of aryl methyl sites for hydroxylation is 1. The molecule has 5 amide bonds. The van der Waals surface area contributed by atoms with Gasteiger partial charge in [0, 0.05) is 82.0 Å². The molecule has 3 aromatic carbocycles. The molecule has 3 aliphatic heterocycles. The topological polar surface area (TPSA) is 250 Å². The molecule has 3 aliphatic rings. The number of amides is 5. The summed E-state index contributed by atoms with van der Waals surface area (Å²) in [5.74, 6) is -5.71. The summed E-state index contributed by atoms with van der Waals surface area (Å²) in [6, 6.07) is 16.3. The van der Waals surface area contributed by atoms with Gasteiger partial charge in [-0.15, -0.1) is 0 Å². The lowest BCUT2D eigenvalue weighted by Crippen LogP contribution is -2.67. The number of benzene rings is 3. The van der Waals surface area contributed by atoms with Crippen molar-refractivity contribution in [3.05, 3.63) is 90.0 Å². The van der Waals surface area contributed by atoms with Crippen molar-refractivity contribution in [1.29, 1.82) is 0 Å². The predicted molar refractivity (Wildman–Crippen MR) is 281 cm³/mol. The zero-order valence-electron chi connectivity index (χ0n) is 44.6. The lowest BCUT2D eigenvalue weighted by atomic mass is 9.83. The number of rotatable bonds is 14. The smallest absolute Gasteiger partial charge is 0.415 e. The van der Waals surface area contributed by atoms with Gasteiger partial charge in [-0.05, 0) is 90.3 Å². The second-order valence-electron chi connectivity index (χ2n) is 21.3. The van der Waals surface area contributed by atoms with E-state index >= 15 is 4.79 Å². The number of cyclic esters (lactones) is 1. The monoisotopic (exact) mass is 1050 g/mol. The van der Waals surface area contributed by atoms with Gasteiger partial charge in [0.1, 0.15) is 24.4 Å². The van der Waals surface area contributed by atoms with Gasteiger partial charge in [-0.3, -0.25) is 33.9 Å². The number of hydrogen-bond donors (Lipinski definition) is 5. The predicted octanol–water partition coefficient (Wildman–Crippen LogP) is 4.30. The molecule has 0 spiro atoms. The molecule has 1 aromatic heterocycles. The van der Waals surface area contributed by atoms with E-state index in [0.717, 1.165) is 54.2 Å². The van der Waals surface area contributed by atoms with Crippen molar-refractivity contribution in [3.63, 3.8) is 0 Å². The van der Waals surface area contributed by atoms with Crippen molar-refractivity contribution in [3.8, 4) is 28.1 Å². The molecular formula is C56H71N7O13. The molecule has 4 atom stereocenters. The third-order valence-electron chi connectivity index (χ3n) is 14.4. The molecule has 0 radical (unpaired) electrons. The van der Waals surface area contributed by atoms with Gasteiger partial charge in [-0.2, -0.15) is 5.43 Å². The maximum Gasteiger partial charge on any atom is 0.415 e. The molecule has 0 aliphatic carbocycles. The van der Waals surface area contributed by atoms with Crippen LogP contribution in [0.3, 0.4) is 0 Å². The number of methoxy groups -OCH3 is 1. The minimum absolute atomic E-state index is 0.00407. The fourth-order valence-corrected chi connectivity index (χ4v) is 10.6. The lowest BCUT2D eigenvalue weighted by molar-refractivity contribution is -0.189. The second kappa shape index (κ2) is 23.0. The van der Waals surface area contributed by atoms with E-state index in [0.29, 0.717) is 42.7 Å². The molecule has 4 aromatic rings. The Bertz CT molecular complexity index is 2920. The minimum Gasteiger partial charge on any atom is -0.480 e. The second-order valence-corrected chi connectivity index (χ2v) is 21.3. The number of carboxylic acids is 1. The SMILES string of the molecule is C=CC(=O)N1CC[C@](O)(C(=O)N(C)[C@H](C(=O)N[C@H]2Cc3cc(OC(=O)N(C)CC(=O)O)cc(c3)-c3ccc4c(c3)c(c(-c3ccccc3CCOC)n4CC)CC(C)(C)COC(=O)[C@@]3(O)CCCN(N3)C2=O)C(C)C)C1. The maximum absolute atomic E-state index is 15.0. The lowest BCUT2D eigenvalue weighted by Gasteiger charge is -2.40. The van der Waals surface area contributed by atoms with E-state index < -0.39 is 82.9 Å². The Morgan fingerprint density at radius 3 is 2.42 bits per heavy atom. The number of carbonyl (C=O) groups excluding carboxylic acids is 6. The number of β-amino-alcohol motifs (C(OH)–C–C–N with tert-alkyl or cyclic N) is 1. The average Bonchev–Trinajstić information content (AvgIpc) is 3.96. The van der Waals surface area contributed by atoms with Gasteiger partial charge in [0.2, 0.25) is 17.5 Å². The third-order valence-corrected chi connectivity index (χ3v) is 14.4. The van der Waals surface area contributed by atoms with E-state index in [9.17, 15) is 44.1 Å². The first kappa shape index (κ1) is 56.6. The molecule has 0 saturated carbocycles. The number of carbonyl (C=O) groups is 7. The standard InChI is InChI=1S/C56H71N7O13/c1-10-45(64)61-23-21-55(72,32-61)51(69)60(8)47(34(3)4)49(67)57-43-27-35-25-38(28-39(26-35)76-53(71)59(7)31-46(65)66)37-17-18-44-41(29-37)42(48(62(44)11-2)40-16-13-12-15-36(40)19-24-74-9)30-54(5,6)33-75-52(70)56(73)20-14-22-63(58-56)50(43)68/h10,12-13,15-18,25-26,28-29,34,43,47,58,72-73H,1,11,14,19-24,27,30-33H2,2-9H3,(H,57,67)(H,65,66)/t43-,47-,55+,56-/m0/s1. The van der Waals surface area contributed by atoms with Gasteiger partial charge < -0.3 is 49.2 Å². The number of aliphatic carboxylic acids is 1. The number of aliphatic hydroxyl groups is 2. The molecular weight excluding hydrogens is 979 g/mol. The van der Waals surface area contributed by atoms with Crippen LogP contribution in [-0.4, -0.2) is 165 Å². The van der Waals surface area contributed by atoms with E-state index in [-0.39, 0.29) is 57.7 Å². The third kappa shape index (κ3) is 12.1. The Morgan fingerprint density at radius 2 is 1.74 bits per heavy atom. The summed E-state index contributed by atoms with van der Waals surface area (Å²) in [7, 11) is 4.29. The zero-order chi connectivity index (χ0) is 55.4. The molecule has 408 valence electrons. The molecule has 20 nitrogen and oxygen atoms in total. The molecule has 76 heavy (non-hydrogen) atoms. The van der Waals surface area contributed by atoms with Crippen LogP contribution < -0.4 is 15.5 Å². The fraction of sp³-hybridized carbons (Fsp3) is 0.482. The van der Waals surface area contributed by atoms with Crippen LogP contribution in [0.1, 0.15) is 70.6 Å². The van der Waals surface area contributed by atoms with Crippen molar-refractivity contribution in [2.24, 2.45) is 11.3 Å². The van der Waals surface area contributed by atoms with Gasteiger partial charge in [-0.25, -0.2) is 9.59 Å². The number of hydrazine groups is 1. The summed E-state index contributed by atoms with van der Waals surface area (Å²) in [5, 5.41) is 37.9. The molecule has 20 heteroatoms. The van der Waals surface area contributed by atoms with Crippen molar-refractivity contribution in [2.45, 2.75) is 103 Å². The van der Waals surface area contributed by atoms with Crippen LogP contribution in [0.25, 0.3) is 33.3 Å². The summed E-state index contributed by atoms with van der Waals surface area (Å²) in [5.41, 5.74) is 4.09. The van der Waals surface area contributed by atoms with E-state index in [1.807, 2.05) is 44.2 Å². The highest BCUT2D eigenvalue weighted by Gasteiger charge is 2.49. The van der Waals surface area contributed by atoms with E-state index in [1.54, 1.807) is 33.1 Å². The molecule has 4 heterocycles. The first-order chi connectivity index (χ1) is 35.9. The zero-order valence-corrected chi connectivity index (χ0v) is 44.6. The summed E-state index contributed by atoms with van der Waals surface area (Å²) in [6.07, 6.45) is 0.810. The van der Waals surface area contributed by atoms with E-state index in [4.69, 9.17) is 14.2 Å². The Balaban J connectivity index is 1.39. The number of esters is 1. The normalized spacial score (nSPS) is 21.1. The maximum atomic E-state index is 15.0. The molecule has 0 unspecified atom stereocenters. The highest BCUT2D eigenvalue weighted by atomic mass is 16.6. The molecule has 6 bridgehead atoms. The van der Waals surface area contributed by atoms with Gasteiger partial charge in [0.25, 0.3) is 11.8 Å². The van der Waals surface area contributed by atoms with Gasteiger partial charge in [0.15, 0.2) is 5.60 Å². The van der Waals surface area contributed by atoms with Crippen molar-refractivity contribution >= 4 is 52.6 Å². The van der Waals surface area contributed by atoms with Crippen LogP contribution in [0.4, 0.5) is 4.79 Å². The summed E-state index contributed by atoms with van der Waals surface area (Å²) >= 11 is 0. The first-order valence-electron chi connectivity index (χ1n) is 25.6. The van der Waals surface area contributed by atoms with E-state index in [1.165, 1.54) is 25.1 Å². The number of likely N-dealkylation sites (tertiary alicyclic amines) is 1. The van der Waals surface area contributed by atoms with Crippen LogP contribution in [0, 0.1) is 11.3 Å². The first-order valence-corrected chi connectivity index (χ1v) is 25.6. The van der Waals surface area contributed by atoms with Gasteiger partial charge in [-0.1, -0.05) is 70.7 Å². The highest BCUT2D eigenvalue weighted by molar-refractivity contribution is 5.97. The number of ether oxygens (including phenoxy) is 3. The van der Waals surface area contributed by atoms with Crippen molar-refractivity contribution < 1.29 is 63.1 Å². The van der Waals surface area contributed by atoms with Crippen LogP contribution >= 0.6 is 0 Å². The quantitative estimate of drug-likeness (QED) is 0.0873. The van der Waals surface area contributed by atoms with E-state index in [2.05, 4.69) is 40.9 Å². The van der Waals surface area contributed by atoms with Crippen LogP contribution in [0.5, 0.6) is 5.75 Å². The number of nitrogens with zero attached hydrogens (tertiary/aromatic N) is 5.